The fourth-order valence-electron chi connectivity index (χ4n) is 2.62. The van der Waals surface area contributed by atoms with Crippen molar-refractivity contribution < 1.29 is 13.5 Å². The van der Waals surface area contributed by atoms with Crippen LogP contribution in [-0.4, -0.2) is 19.0 Å². The molecule has 1 heterocycles. The van der Waals surface area contributed by atoms with Gasteiger partial charge in [-0.25, -0.2) is 8.78 Å². The highest BCUT2D eigenvalue weighted by atomic mass is 19.1. The van der Waals surface area contributed by atoms with Crippen molar-refractivity contribution in [2.45, 2.75) is 44.5 Å². The largest absolute Gasteiger partial charge is 0.341 e. The fourth-order valence-corrected chi connectivity index (χ4v) is 2.62. The number of hydrogen-bond acceptors (Lipinski definition) is 4. The van der Waals surface area contributed by atoms with Crippen LogP contribution in [0.15, 0.2) is 28.5 Å². The van der Waals surface area contributed by atoms with Crippen molar-refractivity contribution in [2.24, 2.45) is 16.2 Å². The van der Waals surface area contributed by atoms with E-state index >= 15 is 0 Å². The molecule has 0 radical (unpaired) electrons. The first-order chi connectivity index (χ1) is 10.1. The molecule has 0 amide bonds. The summed E-state index contributed by atoms with van der Waals surface area (Å²) in [5, 5.41) is 9.99. The van der Waals surface area contributed by atoms with Crippen molar-refractivity contribution in [3.8, 4) is 0 Å². The summed E-state index contributed by atoms with van der Waals surface area (Å²) in [5.41, 5.74) is 0.701. The van der Waals surface area contributed by atoms with Crippen molar-refractivity contribution in [2.75, 3.05) is 6.61 Å². The van der Waals surface area contributed by atoms with Crippen LogP contribution in [-0.2, 0) is 4.74 Å². The molecule has 7 heteroatoms. The molecule has 3 N–H and O–H groups in total. The second-order valence-corrected chi connectivity index (χ2v) is 5.17. The topological polar surface area (TPSA) is 72.0 Å². The van der Waals surface area contributed by atoms with Gasteiger partial charge in [0.05, 0.1) is 6.61 Å². The smallest absolute Gasteiger partial charge is 0.226 e. The molecule has 5 nitrogen and oxygen atoms in total. The van der Waals surface area contributed by atoms with Gasteiger partial charge in [0.15, 0.2) is 0 Å². The molecule has 1 saturated heterocycles. The zero-order valence-corrected chi connectivity index (χ0v) is 11.9. The van der Waals surface area contributed by atoms with E-state index in [1.54, 1.807) is 0 Å². The first-order valence-corrected chi connectivity index (χ1v) is 7.06. The number of halogens is 2. The van der Waals surface area contributed by atoms with Gasteiger partial charge < -0.3 is 10.6 Å². The van der Waals surface area contributed by atoms with Crippen molar-refractivity contribution in [3.05, 3.63) is 35.4 Å². The second kappa shape index (κ2) is 7.42. The molecular weight excluding hydrogens is 278 g/mol. The Kier molecular flexibility index (Phi) is 5.58. The molecule has 0 spiro atoms. The van der Waals surface area contributed by atoms with Gasteiger partial charge >= 0.3 is 0 Å². The monoisotopic (exact) mass is 298 g/mol. The van der Waals surface area contributed by atoms with Crippen molar-refractivity contribution >= 4 is 0 Å². The number of nitrogens with zero attached hydrogens (tertiary/aromatic N) is 2. The van der Waals surface area contributed by atoms with Gasteiger partial charge in [0.2, 0.25) is 6.35 Å². The second-order valence-electron chi connectivity index (χ2n) is 5.17. The lowest BCUT2D eigenvalue weighted by molar-refractivity contribution is 0.101. The van der Waals surface area contributed by atoms with Gasteiger partial charge in [0.25, 0.3) is 0 Å². The molecular formula is C14H20F2N4O. The standard InChI is InChI=1S/C14H20F2N4O/c1-2-9(10-5-11(15)7-12(16)6-10)3-4-13-8-21-14(18-13)19-20-17/h5-7,9,13-14,18H,2-4,8H2,1H3,(H2,17,19)/t9?,13-,14?/m0/s1. The van der Waals surface area contributed by atoms with E-state index in [0.717, 1.165) is 25.3 Å². The SMILES string of the molecule is CCC(CC[C@H]1COC(N=NN)N1)c1cc(F)cc(F)c1. The Morgan fingerprint density at radius 1 is 1.38 bits per heavy atom. The molecule has 1 aromatic rings. The highest BCUT2D eigenvalue weighted by Gasteiger charge is 2.25. The number of benzene rings is 1. The van der Waals surface area contributed by atoms with Crippen LogP contribution in [0.3, 0.4) is 0 Å². The summed E-state index contributed by atoms with van der Waals surface area (Å²) >= 11 is 0. The van der Waals surface area contributed by atoms with Crippen LogP contribution < -0.4 is 11.2 Å². The molecule has 2 unspecified atom stereocenters. The van der Waals surface area contributed by atoms with E-state index in [4.69, 9.17) is 10.6 Å². The summed E-state index contributed by atoms with van der Waals surface area (Å²) in [7, 11) is 0. The summed E-state index contributed by atoms with van der Waals surface area (Å²) in [6.45, 7) is 2.54. The van der Waals surface area contributed by atoms with Crippen molar-refractivity contribution in [3.63, 3.8) is 0 Å². The summed E-state index contributed by atoms with van der Waals surface area (Å²) in [6, 6.07) is 3.85. The molecule has 1 aliphatic heterocycles. The molecule has 0 aromatic heterocycles. The Balaban J connectivity index is 1.91. The Hall–Kier alpha value is -1.60. The first kappa shape index (κ1) is 15.8. The predicted molar refractivity (Wildman–Crippen MR) is 74.3 cm³/mol. The lowest BCUT2D eigenvalue weighted by Crippen LogP contribution is -2.29. The number of hydrogen-bond donors (Lipinski definition) is 2. The minimum Gasteiger partial charge on any atom is -0.341 e. The predicted octanol–water partition coefficient (Wildman–Crippen LogP) is 2.84. The van der Waals surface area contributed by atoms with Gasteiger partial charge in [-0.15, -0.1) is 5.11 Å². The van der Waals surface area contributed by atoms with Gasteiger partial charge in [-0.2, -0.15) is 0 Å². The summed E-state index contributed by atoms with van der Waals surface area (Å²) in [6.07, 6.45) is 1.97. The van der Waals surface area contributed by atoms with Gasteiger partial charge in [-0.1, -0.05) is 12.1 Å². The van der Waals surface area contributed by atoms with E-state index in [0.29, 0.717) is 12.2 Å². The summed E-state index contributed by atoms with van der Waals surface area (Å²) in [5.74, 6) is 4.02. The van der Waals surface area contributed by atoms with Crippen LogP contribution in [0, 0.1) is 11.6 Å². The van der Waals surface area contributed by atoms with Crippen LogP contribution in [0.2, 0.25) is 0 Å². The third kappa shape index (κ3) is 4.44. The zero-order chi connectivity index (χ0) is 15.2. The third-order valence-electron chi connectivity index (χ3n) is 3.72. The number of rotatable bonds is 6. The maximum atomic E-state index is 13.3. The summed E-state index contributed by atoms with van der Waals surface area (Å²) in [4.78, 5) is 0. The van der Waals surface area contributed by atoms with Gasteiger partial charge in [-0.05, 0) is 42.9 Å². The number of nitrogens with one attached hydrogen (secondary N) is 1. The van der Waals surface area contributed by atoms with Crippen LogP contribution >= 0.6 is 0 Å². The van der Waals surface area contributed by atoms with E-state index in [1.165, 1.54) is 12.1 Å². The molecule has 116 valence electrons. The molecule has 2 rings (SSSR count). The molecule has 1 aromatic carbocycles. The summed E-state index contributed by atoms with van der Waals surface area (Å²) < 4.78 is 31.9. The Labute approximate surface area is 122 Å². The average molecular weight is 298 g/mol. The Bertz CT molecular complexity index is 478. The van der Waals surface area contributed by atoms with Gasteiger partial charge in [0, 0.05) is 12.1 Å². The molecule has 1 fully saturated rings. The maximum absolute atomic E-state index is 13.3. The van der Waals surface area contributed by atoms with E-state index < -0.39 is 18.0 Å². The molecule has 1 aliphatic rings. The Morgan fingerprint density at radius 3 is 2.71 bits per heavy atom. The number of nitrogens with two attached hydrogens (primary N) is 1. The average Bonchev–Trinajstić information content (AvgIpc) is 2.86. The maximum Gasteiger partial charge on any atom is 0.226 e. The zero-order valence-electron chi connectivity index (χ0n) is 11.9. The van der Waals surface area contributed by atoms with E-state index in [2.05, 4.69) is 15.7 Å². The quantitative estimate of drug-likeness (QED) is 0.482. The lowest BCUT2D eigenvalue weighted by atomic mass is 9.90. The van der Waals surface area contributed by atoms with E-state index in [9.17, 15) is 8.78 Å². The van der Waals surface area contributed by atoms with E-state index in [1.807, 2.05) is 6.92 Å². The minimum atomic E-state index is -0.533. The van der Waals surface area contributed by atoms with Crippen molar-refractivity contribution in [1.82, 2.24) is 5.32 Å². The van der Waals surface area contributed by atoms with Gasteiger partial charge in [-0.3, -0.25) is 5.32 Å². The van der Waals surface area contributed by atoms with Crippen molar-refractivity contribution in [1.29, 1.82) is 0 Å². The van der Waals surface area contributed by atoms with Crippen LogP contribution in [0.5, 0.6) is 0 Å². The molecule has 0 bridgehead atoms. The number of ether oxygens (including phenoxy) is 1. The fraction of sp³-hybridized carbons (Fsp3) is 0.571. The molecule has 0 saturated carbocycles. The van der Waals surface area contributed by atoms with Crippen LogP contribution in [0.4, 0.5) is 8.78 Å². The molecule has 3 atom stereocenters. The van der Waals surface area contributed by atoms with Crippen LogP contribution in [0.25, 0.3) is 0 Å². The normalized spacial score (nSPS) is 23.8. The van der Waals surface area contributed by atoms with Crippen LogP contribution in [0.1, 0.15) is 37.7 Å². The highest BCUT2D eigenvalue weighted by Crippen LogP contribution is 2.27. The third-order valence-corrected chi connectivity index (χ3v) is 3.72. The van der Waals surface area contributed by atoms with Gasteiger partial charge in [0.1, 0.15) is 11.6 Å². The Morgan fingerprint density at radius 2 is 2.10 bits per heavy atom. The minimum absolute atomic E-state index is 0.118. The first-order valence-electron chi connectivity index (χ1n) is 7.06. The van der Waals surface area contributed by atoms with E-state index in [-0.39, 0.29) is 12.0 Å². The lowest BCUT2D eigenvalue weighted by Gasteiger charge is -2.17. The highest BCUT2D eigenvalue weighted by molar-refractivity contribution is 5.21. The molecule has 21 heavy (non-hydrogen) atoms. The molecule has 0 aliphatic carbocycles.